The molecule has 1 N–H and O–H groups in total. The molecule has 0 fully saturated rings. The number of imidazole rings is 1. The Morgan fingerprint density at radius 3 is 2.74 bits per heavy atom. The molecule has 0 bridgehead atoms. The van der Waals surface area contributed by atoms with E-state index in [9.17, 15) is 14.9 Å². The third-order valence-corrected chi connectivity index (χ3v) is 4.84. The van der Waals surface area contributed by atoms with Gasteiger partial charge in [-0.2, -0.15) is 5.26 Å². The summed E-state index contributed by atoms with van der Waals surface area (Å²) in [6.07, 6.45) is 4.56. The molecule has 0 saturated carbocycles. The fourth-order valence-electron chi connectivity index (χ4n) is 3.45. The van der Waals surface area contributed by atoms with Crippen LogP contribution in [0.25, 0.3) is 11.4 Å². The van der Waals surface area contributed by atoms with Crippen LogP contribution in [0.5, 0.6) is 0 Å². The molecular weight excluding hydrogens is 340 g/mol. The highest BCUT2D eigenvalue weighted by atomic mass is 16.2. The van der Waals surface area contributed by atoms with Gasteiger partial charge >= 0.3 is 0 Å². The molecule has 2 heterocycles. The predicted molar refractivity (Wildman–Crippen MR) is 102 cm³/mol. The summed E-state index contributed by atoms with van der Waals surface area (Å²) < 4.78 is 2.09. The highest BCUT2D eigenvalue weighted by molar-refractivity contribution is 6.12. The van der Waals surface area contributed by atoms with Crippen molar-refractivity contribution in [2.24, 2.45) is 5.92 Å². The number of amides is 1. The van der Waals surface area contributed by atoms with E-state index in [1.807, 2.05) is 43.3 Å². The summed E-state index contributed by atoms with van der Waals surface area (Å²) >= 11 is 0. The zero-order valence-corrected chi connectivity index (χ0v) is 15.6. The van der Waals surface area contributed by atoms with Crippen molar-refractivity contribution in [3.8, 4) is 17.5 Å². The zero-order chi connectivity index (χ0) is 19.2. The smallest absolute Gasteiger partial charge is 0.245 e. The highest BCUT2D eigenvalue weighted by Gasteiger charge is 2.33. The normalized spacial score (nSPS) is 14.5. The van der Waals surface area contributed by atoms with E-state index in [0.29, 0.717) is 6.54 Å². The van der Waals surface area contributed by atoms with Gasteiger partial charge in [0.25, 0.3) is 0 Å². The lowest BCUT2D eigenvalue weighted by atomic mass is 9.99. The molecular formula is C21H24N4O2. The molecule has 2 aromatic rings. The number of nitrogens with one attached hydrogen (secondary N) is 1. The summed E-state index contributed by atoms with van der Waals surface area (Å²) in [5.74, 6) is -1.66. The first-order valence-electron chi connectivity index (χ1n) is 9.53. The Balaban J connectivity index is 2.02. The summed E-state index contributed by atoms with van der Waals surface area (Å²) in [6.45, 7) is 3.16. The van der Waals surface area contributed by atoms with E-state index < -0.39 is 17.6 Å². The van der Waals surface area contributed by atoms with Gasteiger partial charge in [-0.25, -0.2) is 4.98 Å². The number of rotatable bonds is 6. The van der Waals surface area contributed by atoms with Gasteiger partial charge in [0.05, 0.1) is 6.07 Å². The average molecular weight is 364 g/mol. The third kappa shape index (κ3) is 3.92. The van der Waals surface area contributed by atoms with Crippen LogP contribution in [0.4, 0.5) is 0 Å². The van der Waals surface area contributed by atoms with Gasteiger partial charge in [-0.1, -0.05) is 43.7 Å². The molecule has 1 unspecified atom stereocenters. The van der Waals surface area contributed by atoms with Gasteiger partial charge in [0, 0.05) is 24.3 Å². The number of fused-ring (bicyclic) bond motifs is 1. The number of nitriles is 1. The number of aromatic nitrogens is 2. The fraction of sp³-hybridized carbons (Fsp3) is 0.429. The summed E-state index contributed by atoms with van der Waals surface area (Å²) in [6, 6.07) is 11.6. The maximum Gasteiger partial charge on any atom is 0.245 e. The number of carbonyl (C=O) groups is 2. The number of nitrogens with zero attached hydrogens (tertiary/aromatic N) is 3. The molecule has 1 aliphatic rings. The van der Waals surface area contributed by atoms with Crippen molar-refractivity contribution in [3.63, 3.8) is 0 Å². The Morgan fingerprint density at radius 2 is 2.04 bits per heavy atom. The van der Waals surface area contributed by atoms with E-state index in [1.165, 1.54) is 0 Å². The van der Waals surface area contributed by atoms with E-state index in [1.54, 1.807) is 0 Å². The summed E-state index contributed by atoms with van der Waals surface area (Å²) in [5.41, 5.74) is 2.05. The standard InChI is InChI=1S/C21H24N4O2/c1-2-12-23-21(27)16(14-22)19(26)18-17-11-7-4-8-13-25(17)20(24-18)15-9-5-3-6-10-15/h3,5-6,9-10,16H,2,4,7-8,11-13H2,1H3,(H,23,27). The lowest BCUT2D eigenvalue weighted by Crippen LogP contribution is -2.35. The van der Waals surface area contributed by atoms with Crippen LogP contribution in [-0.2, 0) is 17.8 Å². The molecule has 0 spiro atoms. The second-order valence-corrected chi connectivity index (χ2v) is 6.78. The SMILES string of the molecule is CCCNC(=O)C(C#N)C(=O)c1nc(-c2ccccc2)n2c1CCCCC2. The van der Waals surface area contributed by atoms with Gasteiger partial charge < -0.3 is 9.88 Å². The molecule has 0 radical (unpaired) electrons. The Bertz CT molecular complexity index is 864. The Morgan fingerprint density at radius 1 is 1.26 bits per heavy atom. The molecule has 1 aromatic heterocycles. The van der Waals surface area contributed by atoms with Crippen LogP contribution in [0, 0.1) is 17.2 Å². The molecule has 0 aliphatic carbocycles. The number of Topliss-reactive ketones (excluding diaryl/α,β-unsaturated/α-hetero) is 1. The zero-order valence-electron chi connectivity index (χ0n) is 15.6. The predicted octanol–water partition coefficient (Wildman–Crippen LogP) is 3.13. The van der Waals surface area contributed by atoms with Gasteiger partial charge in [0.15, 0.2) is 5.92 Å². The minimum Gasteiger partial charge on any atom is -0.355 e. The third-order valence-electron chi connectivity index (χ3n) is 4.84. The van der Waals surface area contributed by atoms with E-state index in [4.69, 9.17) is 0 Å². The maximum atomic E-state index is 13.1. The van der Waals surface area contributed by atoms with Gasteiger partial charge in [-0.15, -0.1) is 0 Å². The van der Waals surface area contributed by atoms with Crippen molar-refractivity contribution in [1.82, 2.24) is 14.9 Å². The molecule has 6 heteroatoms. The van der Waals surface area contributed by atoms with Crippen LogP contribution in [0.3, 0.4) is 0 Å². The minimum atomic E-state index is -1.36. The van der Waals surface area contributed by atoms with E-state index in [0.717, 1.165) is 55.7 Å². The van der Waals surface area contributed by atoms with Crippen molar-refractivity contribution in [2.45, 2.75) is 45.6 Å². The quantitative estimate of drug-likeness (QED) is 0.630. The Hall–Kier alpha value is -2.94. The molecule has 140 valence electrons. The van der Waals surface area contributed by atoms with E-state index >= 15 is 0 Å². The first-order valence-corrected chi connectivity index (χ1v) is 9.53. The van der Waals surface area contributed by atoms with Crippen molar-refractivity contribution in [2.75, 3.05) is 6.54 Å². The fourth-order valence-corrected chi connectivity index (χ4v) is 3.45. The van der Waals surface area contributed by atoms with Crippen LogP contribution < -0.4 is 5.32 Å². The average Bonchev–Trinajstić information content (AvgIpc) is 2.88. The number of hydrogen-bond acceptors (Lipinski definition) is 4. The second kappa shape index (κ2) is 8.63. The summed E-state index contributed by atoms with van der Waals surface area (Å²) in [4.78, 5) is 29.9. The van der Waals surface area contributed by atoms with Crippen LogP contribution in [0.2, 0.25) is 0 Å². The molecule has 1 aliphatic heterocycles. The number of ketones is 1. The minimum absolute atomic E-state index is 0.272. The molecule has 1 aromatic carbocycles. The van der Waals surface area contributed by atoms with Crippen LogP contribution in [-0.4, -0.2) is 27.8 Å². The Kier molecular flexibility index (Phi) is 6.02. The highest BCUT2D eigenvalue weighted by Crippen LogP contribution is 2.28. The molecule has 27 heavy (non-hydrogen) atoms. The molecule has 3 rings (SSSR count). The largest absolute Gasteiger partial charge is 0.355 e. The number of benzene rings is 1. The molecule has 0 saturated heterocycles. The van der Waals surface area contributed by atoms with Crippen molar-refractivity contribution >= 4 is 11.7 Å². The van der Waals surface area contributed by atoms with Gasteiger partial charge in [0.2, 0.25) is 11.7 Å². The summed E-state index contributed by atoms with van der Waals surface area (Å²) in [7, 11) is 0. The first-order chi connectivity index (χ1) is 13.2. The molecule has 6 nitrogen and oxygen atoms in total. The number of hydrogen-bond donors (Lipinski definition) is 1. The van der Waals surface area contributed by atoms with E-state index in [2.05, 4.69) is 14.9 Å². The molecule has 1 atom stereocenters. The van der Waals surface area contributed by atoms with Crippen molar-refractivity contribution < 1.29 is 9.59 Å². The van der Waals surface area contributed by atoms with Crippen LogP contribution in [0.15, 0.2) is 30.3 Å². The summed E-state index contributed by atoms with van der Waals surface area (Å²) in [5, 5.41) is 12.1. The molecule has 1 amide bonds. The van der Waals surface area contributed by atoms with Gasteiger partial charge in [-0.05, 0) is 25.7 Å². The van der Waals surface area contributed by atoms with Crippen molar-refractivity contribution in [3.05, 3.63) is 41.7 Å². The van der Waals surface area contributed by atoms with Crippen LogP contribution >= 0.6 is 0 Å². The lowest BCUT2D eigenvalue weighted by molar-refractivity contribution is -0.122. The second-order valence-electron chi connectivity index (χ2n) is 6.78. The Labute approximate surface area is 159 Å². The monoisotopic (exact) mass is 364 g/mol. The first kappa shape index (κ1) is 18.8. The van der Waals surface area contributed by atoms with Gasteiger partial charge in [0.1, 0.15) is 11.5 Å². The maximum absolute atomic E-state index is 13.1. The van der Waals surface area contributed by atoms with E-state index in [-0.39, 0.29) is 5.69 Å². The topological polar surface area (TPSA) is 87.8 Å². The number of carbonyl (C=O) groups excluding carboxylic acids is 2. The van der Waals surface area contributed by atoms with Gasteiger partial charge in [-0.3, -0.25) is 9.59 Å². The lowest BCUT2D eigenvalue weighted by Gasteiger charge is -2.10. The van der Waals surface area contributed by atoms with Crippen LogP contribution in [0.1, 0.15) is 48.8 Å². The van der Waals surface area contributed by atoms with Crippen molar-refractivity contribution in [1.29, 1.82) is 5.26 Å².